The third kappa shape index (κ3) is 4.84. The van der Waals surface area contributed by atoms with Gasteiger partial charge in [0.05, 0.1) is 0 Å². The Morgan fingerprint density at radius 2 is 1.88 bits per heavy atom. The highest BCUT2D eigenvalue weighted by atomic mass is 19.1. The lowest BCUT2D eigenvalue weighted by atomic mass is 10.2. The summed E-state index contributed by atoms with van der Waals surface area (Å²) in [6.45, 7) is 9.09. The first-order valence-corrected chi connectivity index (χ1v) is 9.41. The van der Waals surface area contributed by atoms with E-state index in [1.807, 2.05) is 19.2 Å². The van der Waals surface area contributed by atoms with Crippen LogP contribution in [0.1, 0.15) is 19.8 Å². The van der Waals surface area contributed by atoms with Crippen LogP contribution < -0.4 is 10.2 Å². The highest BCUT2D eigenvalue weighted by Crippen LogP contribution is 2.25. The van der Waals surface area contributed by atoms with Gasteiger partial charge in [-0.25, -0.2) is 4.39 Å². The molecule has 0 amide bonds. The van der Waals surface area contributed by atoms with Crippen molar-refractivity contribution in [3.05, 3.63) is 30.1 Å². The van der Waals surface area contributed by atoms with Gasteiger partial charge in [-0.2, -0.15) is 0 Å². The van der Waals surface area contributed by atoms with E-state index in [4.69, 9.17) is 0 Å². The lowest BCUT2D eigenvalue weighted by Crippen LogP contribution is -2.53. The van der Waals surface area contributed by atoms with Crippen molar-refractivity contribution in [1.82, 2.24) is 15.1 Å². The number of likely N-dealkylation sites (N-methyl/N-ethyl adjacent to an activating group) is 1. The van der Waals surface area contributed by atoms with E-state index in [0.29, 0.717) is 0 Å². The molecular weight excluding hydrogens is 317 g/mol. The lowest BCUT2D eigenvalue weighted by molar-refractivity contribution is 0.279. The van der Waals surface area contributed by atoms with E-state index < -0.39 is 0 Å². The van der Waals surface area contributed by atoms with Gasteiger partial charge in [-0.1, -0.05) is 6.92 Å². The maximum atomic E-state index is 13.1. The number of guanidine groups is 1. The third-order valence-corrected chi connectivity index (χ3v) is 5.13. The quantitative estimate of drug-likeness (QED) is 0.631. The molecule has 0 atom stereocenters. The molecule has 5 nitrogen and oxygen atoms in total. The normalized spacial score (nSPS) is 18.8. The number of hydrogen-bond donors (Lipinski definition) is 1. The van der Waals surface area contributed by atoms with Gasteiger partial charge >= 0.3 is 0 Å². The van der Waals surface area contributed by atoms with Crippen molar-refractivity contribution < 1.29 is 4.39 Å². The van der Waals surface area contributed by atoms with Crippen LogP contribution in [0, 0.1) is 5.82 Å². The van der Waals surface area contributed by atoms with Crippen LogP contribution in [0.25, 0.3) is 0 Å². The van der Waals surface area contributed by atoms with E-state index in [0.717, 1.165) is 63.5 Å². The summed E-state index contributed by atoms with van der Waals surface area (Å²) in [5, 5.41) is 3.51. The Morgan fingerprint density at radius 1 is 1.20 bits per heavy atom. The molecule has 1 heterocycles. The van der Waals surface area contributed by atoms with Crippen LogP contribution in [-0.2, 0) is 0 Å². The van der Waals surface area contributed by atoms with Crippen molar-refractivity contribution in [2.45, 2.75) is 25.8 Å². The van der Waals surface area contributed by atoms with Crippen molar-refractivity contribution in [3.8, 4) is 0 Å². The van der Waals surface area contributed by atoms with Crippen LogP contribution >= 0.6 is 0 Å². The first kappa shape index (κ1) is 18.0. The van der Waals surface area contributed by atoms with E-state index in [1.54, 1.807) is 0 Å². The molecule has 138 valence electrons. The number of anilines is 1. The second-order valence-electron chi connectivity index (χ2n) is 6.78. The molecule has 3 rings (SSSR count). The standard InChI is InChI=1S/C19H30FN5/c1-3-23(17-8-9-17)11-10-22-19(21-2)25-14-12-24(13-15-25)18-6-4-16(20)5-7-18/h4-7,17H,3,8-15H2,1-2H3,(H,21,22). The average molecular weight is 347 g/mol. The first-order chi connectivity index (χ1) is 12.2. The fraction of sp³-hybridized carbons (Fsp3) is 0.632. The Hall–Kier alpha value is -1.82. The van der Waals surface area contributed by atoms with Gasteiger partial charge in [-0.3, -0.25) is 9.89 Å². The van der Waals surface area contributed by atoms with Gasteiger partial charge in [-0.05, 0) is 43.7 Å². The first-order valence-electron chi connectivity index (χ1n) is 9.41. The zero-order valence-electron chi connectivity index (χ0n) is 15.4. The number of rotatable bonds is 6. The predicted octanol–water partition coefficient (Wildman–Crippen LogP) is 2.01. The van der Waals surface area contributed by atoms with Crippen LogP contribution in [0.3, 0.4) is 0 Å². The Balaban J connectivity index is 1.44. The van der Waals surface area contributed by atoms with Gasteiger partial charge < -0.3 is 15.1 Å². The highest BCUT2D eigenvalue weighted by molar-refractivity contribution is 5.80. The Morgan fingerprint density at radius 3 is 2.44 bits per heavy atom. The molecule has 1 aromatic carbocycles. The van der Waals surface area contributed by atoms with Crippen LogP contribution in [0.5, 0.6) is 0 Å². The molecule has 1 N–H and O–H groups in total. The fourth-order valence-electron chi connectivity index (χ4n) is 3.51. The van der Waals surface area contributed by atoms with Gasteiger partial charge in [0, 0.05) is 58.0 Å². The molecule has 0 bridgehead atoms. The molecule has 2 fully saturated rings. The van der Waals surface area contributed by atoms with Crippen LogP contribution in [0.4, 0.5) is 10.1 Å². The smallest absolute Gasteiger partial charge is 0.193 e. The minimum Gasteiger partial charge on any atom is -0.368 e. The van der Waals surface area contributed by atoms with Crippen LogP contribution in [0.15, 0.2) is 29.3 Å². The molecule has 1 saturated heterocycles. The monoisotopic (exact) mass is 347 g/mol. The van der Waals surface area contributed by atoms with E-state index in [-0.39, 0.29) is 5.82 Å². The molecule has 2 aliphatic rings. The van der Waals surface area contributed by atoms with E-state index in [2.05, 4.69) is 31.9 Å². The summed E-state index contributed by atoms with van der Waals surface area (Å²) in [6.07, 6.45) is 2.71. The number of halogens is 1. The topological polar surface area (TPSA) is 34.1 Å². The molecule has 1 saturated carbocycles. The van der Waals surface area contributed by atoms with Crippen molar-refractivity contribution in [2.75, 3.05) is 57.8 Å². The highest BCUT2D eigenvalue weighted by Gasteiger charge is 2.27. The largest absolute Gasteiger partial charge is 0.368 e. The van der Waals surface area contributed by atoms with Gasteiger partial charge in [0.15, 0.2) is 5.96 Å². The summed E-state index contributed by atoms with van der Waals surface area (Å²) in [5.74, 6) is 0.810. The van der Waals surface area contributed by atoms with Crippen LogP contribution in [0.2, 0.25) is 0 Å². The molecule has 0 unspecified atom stereocenters. The molecule has 0 radical (unpaired) electrons. The van der Waals surface area contributed by atoms with Gasteiger partial charge in [0.2, 0.25) is 0 Å². The zero-order valence-corrected chi connectivity index (χ0v) is 15.4. The van der Waals surface area contributed by atoms with Gasteiger partial charge in [0.1, 0.15) is 5.82 Å². The molecule has 6 heteroatoms. The minimum absolute atomic E-state index is 0.181. The Bertz CT molecular complexity index is 562. The number of piperazine rings is 1. The van der Waals surface area contributed by atoms with Crippen molar-refractivity contribution in [2.24, 2.45) is 4.99 Å². The molecule has 0 aromatic heterocycles. The van der Waals surface area contributed by atoms with Crippen molar-refractivity contribution >= 4 is 11.6 Å². The second kappa shape index (κ2) is 8.52. The van der Waals surface area contributed by atoms with Gasteiger partial charge in [-0.15, -0.1) is 0 Å². The lowest BCUT2D eigenvalue weighted by Gasteiger charge is -2.37. The number of aliphatic imine (C=N–C) groups is 1. The molecule has 0 spiro atoms. The molecule has 25 heavy (non-hydrogen) atoms. The van der Waals surface area contributed by atoms with Crippen molar-refractivity contribution in [1.29, 1.82) is 0 Å². The van der Waals surface area contributed by atoms with E-state index in [9.17, 15) is 4.39 Å². The van der Waals surface area contributed by atoms with Crippen molar-refractivity contribution in [3.63, 3.8) is 0 Å². The Kier molecular flexibility index (Phi) is 6.13. The number of nitrogens with zero attached hydrogens (tertiary/aromatic N) is 4. The second-order valence-corrected chi connectivity index (χ2v) is 6.78. The number of hydrogen-bond acceptors (Lipinski definition) is 3. The third-order valence-electron chi connectivity index (χ3n) is 5.13. The Labute approximate surface area is 150 Å². The molecule has 1 aliphatic carbocycles. The summed E-state index contributed by atoms with van der Waals surface area (Å²) in [7, 11) is 1.85. The van der Waals surface area contributed by atoms with Gasteiger partial charge in [0.25, 0.3) is 0 Å². The summed E-state index contributed by atoms with van der Waals surface area (Å²) in [4.78, 5) is 11.6. The zero-order chi connectivity index (χ0) is 17.6. The maximum absolute atomic E-state index is 13.1. The SMILES string of the molecule is CCN(CCNC(=NC)N1CCN(c2ccc(F)cc2)CC1)C1CC1. The number of benzene rings is 1. The fourth-order valence-corrected chi connectivity index (χ4v) is 3.51. The molecular formula is C19H30FN5. The summed E-state index contributed by atoms with van der Waals surface area (Å²) < 4.78 is 13.1. The van der Waals surface area contributed by atoms with Crippen LogP contribution in [-0.4, -0.2) is 74.7 Å². The maximum Gasteiger partial charge on any atom is 0.193 e. The average Bonchev–Trinajstić information content (AvgIpc) is 3.48. The predicted molar refractivity (Wildman–Crippen MR) is 102 cm³/mol. The molecule has 1 aromatic rings. The molecule has 1 aliphatic heterocycles. The summed E-state index contributed by atoms with van der Waals surface area (Å²) in [6, 6.07) is 7.58. The van der Waals surface area contributed by atoms with E-state index >= 15 is 0 Å². The number of nitrogens with one attached hydrogen (secondary N) is 1. The minimum atomic E-state index is -0.181. The van der Waals surface area contributed by atoms with E-state index in [1.165, 1.54) is 25.0 Å². The summed E-state index contributed by atoms with van der Waals surface area (Å²) in [5.41, 5.74) is 1.09. The summed E-state index contributed by atoms with van der Waals surface area (Å²) >= 11 is 0.